The summed E-state index contributed by atoms with van der Waals surface area (Å²) in [5.74, 6) is 0. The minimum absolute atomic E-state index is 0.0649. The number of carbonyl (C=O) groups is 2. The lowest BCUT2D eigenvalue weighted by Crippen LogP contribution is -2.34. The van der Waals surface area contributed by atoms with Crippen LogP contribution in [0.3, 0.4) is 0 Å². The molecule has 6 aromatic rings. The smallest absolute Gasteiger partial charge is 0.421 e. The number of rotatable bonds is 8. The molecular formula is C38H28F6N6O4S2. The minimum Gasteiger partial charge on any atom is -0.464 e. The number of alkyl halides is 6. The van der Waals surface area contributed by atoms with Crippen LogP contribution in [0.1, 0.15) is 31.9 Å². The van der Waals surface area contributed by atoms with E-state index >= 15 is 0 Å². The molecular weight excluding hydrogens is 783 g/mol. The van der Waals surface area contributed by atoms with Crippen LogP contribution < -0.4 is 9.80 Å². The van der Waals surface area contributed by atoms with Crippen molar-refractivity contribution in [3.05, 3.63) is 119 Å². The molecule has 0 aliphatic rings. The summed E-state index contributed by atoms with van der Waals surface area (Å²) < 4.78 is 86.2. The van der Waals surface area contributed by atoms with Crippen LogP contribution in [0.2, 0.25) is 0 Å². The normalized spacial score (nSPS) is 12.2. The predicted molar refractivity (Wildman–Crippen MR) is 201 cm³/mol. The van der Waals surface area contributed by atoms with E-state index in [1.165, 1.54) is 18.2 Å². The number of carbonyl (C=O) groups excluding carboxylic acids is 1. The number of anilines is 4. The molecule has 2 amide bonds. The van der Waals surface area contributed by atoms with Crippen molar-refractivity contribution in [1.29, 1.82) is 0 Å². The standard InChI is InChI=1S/C38H28F6N6O4S2/c1-36(2,3)54-35(53)50(29-15-7-11-25(19-29)38(42,43)44)33-46-31(21-56-33)23-9-5-13-27(17-23)48-47-26-12-4-8-22(16-26)30-20-55-32(45-30)49(34(51)52)28-14-6-10-24(18-28)37(39,40)41/h4-21H,1-3H3,(H,51,52)/b48-47+. The number of halogens is 6. The van der Waals surface area contributed by atoms with Gasteiger partial charge in [0, 0.05) is 21.9 Å². The Balaban J connectivity index is 1.23. The third-order valence-electron chi connectivity index (χ3n) is 7.56. The lowest BCUT2D eigenvalue weighted by atomic mass is 10.1. The average molecular weight is 811 g/mol. The first-order valence-corrected chi connectivity index (χ1v) is 18.1. The highest BCUT2D eigenvalue weighted by molar-refractivity contribution is 7.14. The Bertz CT molecular complexity index is 2420. The Kier molecular flexibility index (Phi) is 11.0. The Hall–Kier alpha value is -6.14. The highest BCUT2D eigenvalue weighted by atomic mass is 32.1. The fourth-order valence-corrected chi connectivity index (χ4v) is 6.80. The number of hydrogen-bond acceptors (Lipinski definition) is 9. The van der Waals surface area contributed by atoms with Crippen molar-refractivity contribution in [2.45, 2.75) is 38.7 Å². The van der Waals surface area contributed by atoms with E-state index in [9.17, 15) is 41.0 Å². The molecule has 2 heterocycles. The van der Waals surface area contributed by atoms with Gasteiger partial charge in [-0.1, -0.05) is 36.4 Å². The summed E-state index contributed by atoms with van der Waals surface area (Å²) >= 11 is 1.96. The summed E-state index contributed by atoms with van der Waals surface area (Å²) in [6.45, 7) is 4.91. The number of ether oxygens (including phenoxy) is 1. The van der Waals surface area contributed by atoms with Crippen molar-refractivity contribution in [2.24, 2.45) is 10.2 Å². The molecule has 6 rings (SSSR count). The average Bonchev–Trinajstić information content (AvgIpc) is 3.81. The van der Waals surface area contributed by atoms with Crippen molar-refractivity contribution in [3.8, 4) is 22.5 Å². The van der Waals surface area contributed by atoms with Crippen LogP contribution in [0, 0.1) is 0 Å². The first kappa shape index (κ1) is 39.6. The van der Waals surface area contributed by atoms with Gasteiger partial charge < -0.3 is 9.84 Å². The maximum absolute atomic E-state index is 13.6. The van der Waals surface area contributed by atoms with Crippen LogP contribution >= 0.6 is 22.7 Å². The van der Waals surface area contributed by atoms with Crippen LogP contribution in [0.25, 0.3) is 22.5 Å². The van der Waals surface area contributed by atoms with Gasteiger partial charge in [0.2, 0.25) is 0 Å². The van der Waals surface area contributed by atoms with Gasteiger partial charge in [0.15, 0.2) is 10.3 Å². The second-order valence-electron chi connectivity index (χ2n) is 12.9. The van der Waals surface area contributed by atoms with Gasteiger partial charge in [-0.3, -0.25) is 0 Å². The van der Waals surface area contributed by atoms with Gasteiger partial charge in [-0.2, -0.15) is 36.6 Å². The maximum Gasteiger partial charge on any atom is 0.421 e. The summed E-state index contributed by atoms with van der Waals surface area (Å²) in [6, 6.07) is 21.7. The molecule has 18 heteroatoms. The molecule has 1 N–H and O–H groups in total. The summed E-state index contributed by atoms with van der Waals surface area (Å²) in [4.78, 5) is 36.0. The Morgan fingerprint density at radius 1 is 0.643 bits per heavy atom. The molecule has 288 valence electrons. The number of amides is 2. The zero-order valence-corrected chi connectivity index (χ0v) is 31.0. The van der Waals surface area contributed by atoms with E-state index < -0.39 is 41.3 Å². The summed E-state index contributed by atoms with van der Waals surface area (Å²) in [7, 11) is 0. The van der Waals surface area contributed by atoms with Crippen LogP contribution in [-0.2, 0) is 17.1 Å². The molecule has 0 saturated heterocycles. The monoisotopic (exact) mass is 810 g/mol. The SMILES string of the molecule is CC(C)(C)OC(=O)N(c1cccc(C(F)(F)F)c1)c1nc(-c2cccc(/N=N/c3cccc(-c4csc(N(C(=O)O)c5cccc(C(F)(F)F)c5)n4)c3)c2)cs1. The quantitative estimate of drug-likeness (QED) is 0.121. The van der Waals surface area contributed by atoms with Crippen LogP contribution in [0.4, 0.5) is 68.9 Å². The number of hydrogen-bond donors (Lipinski definition) is 1. The van der Waals surface area contributed by atoms with E-state index in [-0.39, 0.29) is 21.6 Å². The summed E-state index contributed by atoms with van der Waals surface area (Å²) in [5.41, 5.74) is -0.504. The lowest BCUT2D eigenvalue weighted by Gasteiger charge is -2.26. The maximum atomic E-state index is 13.6. The second-order valence-corrected chi connectivity index (χ2v) is 14.5. The number of nitrogens with zero attached hydrogens (tertiary/aromatic N) is 6. The zero-order chi connectivity index (χ0) is 40.4. The topological polar surface area (TPSA) is 121 Å². The first-order valence-electron chi connectivity index (χ1n) is 16.3. The Labute approximate surface area is 323 Å². The van der Waals surface area contributed by atoms with Crippen LogP contribution in [-0.4, -0.2) is 32.9 Å². The molecule has 2 aromatic heterocycles. The third kappa shape index (κ3) is 9.38. The van der Waals surface area contributed by atoms with Gasteiger partial charge in [0.1, 0.15) is 5.60 Å². The van der Waals surface area contributed by atoms with Crippen molar-refractivity contribution in [1.82, 2.24) is 9.97 Å². The first-order chi connectivity index (χ1) is 26.4. The Morgan fingerprint density at radius 3 is 1.50 bits per heavy atom. The fourth-order valence-electron chi connectivity index (χ4n) is 5.12. The molecule has 0 spiro atoms. The van der Waals surface area contributed by atoms with Crippen molar-refractivity contribution < 1.29 is 45.8 Å². The van der Waals surface area contributed by atoms with Gasteiger partial charge in [-0.25, -0.2) is 29.4 Å². The van der Waals surface area contributed by atoms with Gasteiger partial charge in [-0.15, -0.1) is 22.7 Å². The minimum atomic E-state index is -4.67. The summed E-state index contributed by atoms with van der Waals surface area (Å²) in [5, 5.41) is 21.7. The van der Waals surface area contributed by atoms with E-state index in [4.69, 9.17) is 4.74 Å². The van der Waals surface area contributed by atoms with Gasteiger partial charge in [-0.05, 0) is 81.4 Å². The number of aromatic nitrogens is 2. The number of azo groups is 1. The van der Waals surface area contributed by atoms with E-state index in [0.29, 0.717) is 38.8 Å². The van der Waals surface area contributed by atoms with E-state index in [1.54, 1.807) is 80.1 Å². The number of thiazole rings is 2. The van der Waals surface area contributed by atoms with E-state index in [0.717, 1.165) is 57.9 Å². The Morgan fingerprint density at radius 2 is 1.07 bits per heavy atom. The highest BCUT2D eigenvalue weighted by Gasteiger charge is 2.34. The van der Waals surface area contributed by atoms with Crippen molar-refractivity contribution >= 4 is 67.9 Å². The third-order valence-corrected chi connectivity index (χ3v) is 9.21. The molecule has 4 aromatic carbocycles. The molecule has 0 radical (unpaired) electrons. The molecule has 10 nitrogen and oxygen atoms in total. The molecule has 0 saturated carbocycles. The lowest BCUT2D eigenvalue weighted by molar-refractivity contribution is -0.138. The van der Waals surface area contributed by atoms with Crippen molar-refractivity contribution in [2.75, 3.05) is 9.80 Å². The van der Waals surface area contributed by atoms with Gasteiger partial charge in [0.25, 0.3) is 0 Å². The highest BCUT2D eigenvalue weighted by Crippen LogP contribution is 2.39. The van der Waals surface area contributed by atoms with Crippen LogP contribution in [0.5, 0.6) is 0 Å². The molecule has 56 heavy (non-hydrogen) atoms. The van der Waals surface area contributed by atoms with Gasteiger partial charge >= 0.3 is 24.5 Å². The zero-order valence-electron chi connectivity index (χ0n) is 29.3. The number of carboxylic acid groups (broad SMARTS) is 1. The van der Waals surface area contributed by atoms with Crippen LogP contribution in [0.15, 0.2) is 118 Å². The molecule has 0 atom stereocenters. The molecule has 0 aliphatic carbocycles. The molecule has 0 bridgehead atoms. The fraction of sp³-hybridized carbons (Fsp3) is 0.158. The molecule has 0 fully saturated rings. The second kappa shape index (κ2) is 15.5. The molecule has 0 aliphatic heterocycles. The summed E-state index contributed by atoms with van der Waals surface area (Å²) in [6.07, 6.45) is -11.7. The largest absolute Gasteiger partial charge is 0.464 e. The number of benzene rings is 4. The van der Waals surface area contributed by atoms with Gasteiger partial charge in [0.05, 0.1) is 45.3 Å². The molecule has 0 unspecified atom stereocenters. The predicted octanol–water partition coefficient (Wildman–Crippen LogP) is 13.3. The van der Waals surface area contributed by atoms with Crippen molar-refractivity contribution in [3.63, 3.8) is 0 Å². The van der Waals surface area contributed by atoms with E-state index in [1.807, 2.05) is 0 Å². The van der Waals surface area contributed by atoms with E-state index in [2.05, 4.69) is 20.2 Å².